The molecule has 0 radical (unpaired) electrons. The van der Waals surface area contributed by atoms with Crippen LogP contribution in [0.25, 0.3) is 0 Å². The van der Waals surface area contributed by atoms with Gasteiger partial charge in [0.05, 0.1) is 5.92 Å². The SMILES string of the molecule is C=CC(C(C)=O)c1ccc(N)cc1. The van der Waals surface area contributed by atoms with E-state index >= 15 is 0 Å². The third-order valence-corrected chi connectivity index (χ3v) is 1.97. The largest absolute Gasteiger partial charge is 0.399 e. The molecule has 1 unspecified atom stereocenters. The Morgan fingerprint density at radius 2 is 2.00 bits per heavy atom. The lowest BCUT2D eigenvalue weighted by Gasteiger charge is -2.08. The van der Waals surface area contributed by atoms with Gasteiger partial charge in [-0.15, -0.1) is 6.58 Å². The summed E-state index contributed by atoms with van der Waals surface area (Å²) >= 11 is 0. The van der Waals surface area contributed by atoms with E-state index in [0.29, 0.717) is 5.69 Å². The first kappa shape index (κ1) is 9.52. The number of nitrogens with two attached hydrogens (primary N) is 1. The predicted molar refractivity (Wildman–Crippen MR) is 54.5 cm³/mol. The number of ketones is 1. The number of Topliss-reactive ketones (excluding diaryl/α,β-unsaturated/α-hetero) is 1. The van der Waals surface area contributed by atoms with Gasteiger partial charge in [0.15, 0.2) is 0 Å². The van der Waals surface area contributed by atoms with Gasteiger partial charge in [0.25, 0.3) is 0 Å². The van der Waals surface area contributed by atoms with E-state index < -0.39 is 0 Å². The second kappa shape index (κ2) is 3.90. The Morgan fingerprint density at radius 3 is 2.38 bits per heavy atom. The van der Waals surface area contributed by atoms with E-state index in [2.05, 4.69) is 6.58 Å². The van der Waals surface area contributed by atoms with Gasteiger partial charge in [-0.05, 0) is 24.6 Å². The summed E-state index contributed by atoms with van der Waals surface area (Å²) in [6.07, 6.45) is 1.65. The maximum Gasteiger partial charge on any atom is 0.141 e. The van der Waals surface area contributed by atoms with Crippen molar-refractivity contribution in [3.63, 3.8) is 0 Å². The zero-order chi connectivity index (χ0) is 9.84. The average Bonchev–Trinajstić information content (AvgIpc) is 2.09. The van der Waals surface area contributed by atoms with E-state index in [1.165, 1.54) is 0 Å². The molecule has 0 saturated heterocycles. The number of hydrogen-bond acceptors (Lipinski definition) is 2. The molecule has 0 aromatic heterocycles. The van der Waals surface area contributed by atoms with Crippen LogP contribution in [-0.2, 0) is 4.79 Å². The zero-order valence-electron chi connectivity index (χ0n) is 7.66. The summed E-state index contributed by atoms with van der Waals surface area (Å²) in [5.74, 6) is -0.111. The molecule has 0 spiro atoms. The quantitative estimate of drug-likeness (QED) is 0.565. The fourth-order valence-electron chi connectivity index (χ4n) is 1.24. The molecule has 68 valence electrons. The van der Waals surface area contributed by atoms with Crippen molar-refractivity contribution in [3.05, 3.63) is 42.5 Å². The summed E-state index contributed by atoms with van der Waals surface area (Å²) in [7, 11) is 0. The summed E-state index contributed by atoms with van der Waals surface area (Å²) in [4.78, 5) is 11.2. The van der Waals surface area contributed by atoms with Crippen molar-refractivity contribution in [3.8, 4) is 0 Å². The Bertz CT molecular complexity index is 313. The predicted octanol–water partition coefficient (Wildman–Crippen LogP) is 2.13. The molecule has 0 fully saturated rings. The highest BCUT2D eigenvalue weighted by Crippen LogP contribution is 2.18. The smallest absolute Gasteiger partial charge is 0.141 e. The molecule has 1 atom stereocenters. The molecule has 0 saturated carbocycles. The Kier molecular flexibility index (Phi) is 2.85. The molecule has 0 aliphatic carbocycles. The third-order valence-electron chi connectivity index (χ3n) is 1.97. The van der Waals surface area contributed by atoms with E-state index in [4.69, 9.17) is 5.73 Å². The van der Waals surface area contributed by atoms with Gasteiger partial charge >= 0.3 is 0 Å². The van der Waals surface area contributed by atoms with Crippen molar-refractivity contribution in [1.29, 1.82) is 0 Å². The average molecular weight is 175 g/mol. The lowest BCUT2D eigenvalue weighted by atomic mass is 9.95. The third kappa shape index (κ3) is 2.18. The summed E-state index contributed by atoms with van der Waals surface area (Å²) in [5, 5.41) is 0. The number of carbonyl (C=O) groups excluding carboxylic acids is 1. The Morgan fingerprint density at radius 1 is 1.46 bits per heavy atom. The van der Waals surface area contributed by atoms with Crippen molar-refractivity contribution in [2.75, 3.05) is 5.73 Å². The molecule has 0 heterocycles. The van der Waals surface area contributed by atoms with E-state index in [9.17, 15) is 4.79 Å². The second-order valence-electron chi connectivity index (χ2n) is 2.99. The summed E-state index contributed by atoms with van der Waals surface area (Å²) < 4.78 is 0. The molecule has 1 aromatic carbocycles. The molecular formula is C11H13NO. The first-order chi connectivity index (χ1) is 6.15. The molecule has 0 aliphatic heterocycles. The maximum atomic E-state index is 11.2. The molecular weight excluding hydrogens is 162 g/mol. The molecule has 0 amide bonds. The van der Waals surface area contributed by atoms with Crippen LogP contribution in [0.15, 0.2) is 36.9 Å². The Labute approximate surface area is 78.1 Å². The van der Waals surface area contributed by atoms with Crippen molar-refractivity contribution in [2.24, 2.45) is 0 Å². The first-order valence-electron chi connectivity index (χ1n) is 4.13. The van der Waals surface area contributed by atoms with Crippen LogP contribution in [-0.4, -0.2) is 5.78 Å². The van der Waals surface area contributed by atoms with Gasteiger partial charge < -0.3 is 5.73 Å². The minimum Gasteiger partial charge on any atom is -0.399 e. The van der Waals surface area contributed by atoms with Crippen molar-refractivity contribution >= 4 is 11.5 Å². The lowest BCUT2D eigenvalue weighted by Crippen LogP contribution is -2.05. The van der Waals surface area contributed by atoms with Crippen LogP contribution in [0.1, 0.15) is 18.4 Å². The highest BCUT2D eigenvalue weighted by atomic mass is 16.1. The van der Waals surface area contributed by atoms with Crippen LogP contribution in [0, 0.1) is 0 Å². The molecule has 0 aliphatic rings. The fraction of sp³-hybridized carbons (Fsp3) is 0.182. The monoisotopic (exact) mass is 175 g/mol. The second-order valence-corrected chi connectivity index (χ2v) is 2.99. The molecule has 1 aromatic rings. The van der Waals surface area contributed by atoms with E-state index in [1.54, 1.807) is 25.1 Å². The number of rotatable bonds is 3. The summed E-state index contributed by atoms with van der Waals surface area (Å²) in [6, 6.07) is 7.27. The van der Waals surface area contributed by atoms with Gasteiger partial charge in [0.2, 0.25) is 0 Å². The summed E-state index contributed by atoms with van der Waals surface area (Å²) in [5.41, 5.74) is 7.18. The lowest BCUT2D eigenvalue weighted by molar-refractivity contribution is -0.117. The Balaban J connectivity index is 2.99. The van der Waals surface area contributed by atoms with Gasteiger partial charge in [-0.1, -0.05) is 18.2 Å². The highest BCUT2D eigenvalue weighted by molar-refractivity contribution is 5.85. The van der Waals surface area contributed by atoms with Crippen LogP contribution >= 0.6 is 0 Å². The van der Waals surface area contributed by atoms with Crippen molar-refractivity contribution < 1.29 is 4.79 Å². The number of nitrogen functional groups attached to an aromatic ring is 1. The van der Waals surface area contributed by atoms with Gasteiger partial charge in [0, 0.05) is 5.69 Å². The van der Waals surface area contributed by atoms with Crippen LogP contribution in [0.4, 0.5) is 5.69 Å². The molecule has 2 nitrogen and oxygen atoms in total. The zero-order valence-corrected chi connectivity index (χ0v) is 7.66. The topological polar surface area (TPSA) is 43.1 Å². The number of carbonyl (C=O) groups is 1. The van der Waals surface area contributed by atoms with Crippen LogP contribution in [0.5, 0.6) is 0 Å². The van der Waals surface area contributed by atoms with E-state index in [0.717, 1.165) is 5.56 Å². The minimum atomic E-state index is -0.208. The number of anilines is 1. The van der Waals surface area contributed by atoms with Crippen LogP contribution < -0.4 is 5.73 Å². The molecule has 1 rings (SSSR count). The van der Waals surface area contributed by atoms with Crippen LogP contribution in [0.2, 0.25) is 0 Å². The highest BCUT2D eigenvalue weighted by Gasteiger charge is 2.11. The van der Waals surface area contributed by atoms with Crippen LogP contribution in [0.3, 0.4) is 0 Å². The Hall–Kier alpha value is -1.57. The van der Waals surface area contributed by atoms with Gasteiger partial charge in [-0.3, -0.25) is 4.79 Å². The minimum absolute atomic E-state index is 0.0970. The number of allylic oxidation sites excluding steroid dienone is 1. The van der Waals surface area contributed by atoms with E-state index in [-0.39, 0.29) is 11.7 Å². The van der Waals surface area contributed by atoms with E-state index in [1.807, 2.05) is 12.1 Å². The molecule has 2 N–H and O–H groups in total. The maximum absolute atomic E-state index is 11.2. The molecule has 2 heteroatoms. The standard InChI is InChI=1S/C11H13NO/c1-3-11(8(2)13)9-4-6-10(12)7-5-9/h3-7,11H,1,12H2,2H3. The summed E-state index contributed by atoms with van der Waals surface area (Å²) in [6.45, 7) is 5.19. The van der Waals surface area contributed by atoms with Gasteiger partial charge in [0.1, 0.15) is 5.78 Å². The molecule has 0 bridgehead atoms. The van der Waals surface area contributed by atoms with Crippen molar-refractivity contribution in [2.45, 2.75) is 12.8 Å². The first-order valence-corrected chi connectivity index (χ1v) is 4.13. The fourth-order valence-corrected chi connectivity index (χ4v) is 1.24. The number of hydrogen-bond donors (Lipinski definition) is 1. The van der Waals surface area contributed by atoms with Crippen molar-refractivity contribution in [1.82, 2.24) is 0 Å². The normalized spacial score (nSPS) is 12.1. The van der Waals surface area contributed by atoms with Gasteiger partial charge in [-0.2, -0.15) is 0 Å². The number of benzene rings is 1. The molecule has 13 heavy (non-hydrogen) atoms. The van der Waals surface area contributed by atoms with Gasteiger partial charge in [-0.25, -0.2) is 0 Å².